The molecular formula is C43H47NO8. The highest BCUT2D eigenvalue weighted by atomic mass is 16.7. The Morgan fingerprint density at radius 2 is 1.71 bits per heavy atom. The summed E-state index contributed by atoms with van der Waals surface area (Å²) in [6.07, 6.45) is 12.7. The summed E-state index contributed by atoms with van der Waals surface area (Å²) >= 11 is 0. The number of pyridine rings is 1. The van der Waals surface area contributed by atoms with Crippen molar-refractivity contribution in [3.05, 3.63) is 143 Å². The Bertz CT molecular complexity index is 1770. The minimum absolute atomic E-state index is 0.0257. The van der Waals surface area contributed by atoms with E-state index in [1.165, 1.54) is 0 Å². The summed E-state index contributed by atoms with van der Waals surface area (Å²) in [7, 11) is 0. The van der Waals surface area contributed by atoms with Gasteiger partial charge in [-0.25, -0.2) is 0 Å². The maximum Gasteiger partial charge on any atom is 0.306 e. The molecule has 1 aliphatic rings. The molecule has 9 heteroatoms. The maximum atomic E-state index is 11.7. The molecule has 0 saturated carbocycles. The third-order valence-electron chi connectivity index (χ3n) is 8.82. The zero-order chi connectivity index (χ0) is 36.5. The molecule has 1 aliphatic heterocycles. The first-order valence-electron chi connectivity index (χ1n) is 17.9. The van der Waals surface area contributed by atoms with Crippen LogP contribution in [0.15, 0.2) is 116 Å². The number of nitrogens with zero attached hydrogens (tertiary/aromatic N) is 1. The third-order valence-corrected chi connectivity index (χ3v) is 8.82. The first-order chi connectivity index (χ1) is 25.4. The van der Waals surface area contributed by atoms with Crippen LogP contribution in [0.4, 0.5) is 0 Å². The zero-order valence-electron chi connectivity index (χ0n) is 29.6. The second-order valence-electron chi connectivity index (χ2n) is 12.6. The fraction of sp³-hybridized carbons (Fsp3) is 0.326. The highest BCUT2D eigenvalue weighted by Gasteiger charge is 2.34. The van der Waals surface area contributed by atoms with Crippen LogP contribution in [0, 0.1) is 5.92 Å². The first kappa shape index (κ1) is 38.0. The van der Waals surface area contributed by atoms with Crippen LogP contribution in [-0.4, -0.2) is 40.3 Å². The molecule has 2 N–H and O–H groups in total. The van der Waals surface area contributed by atoms with Gasteiger partial charge >= 0.3 is 11.9 Å². The molecule has 0 unspecified atom stereocenters. The molecule has 4 aromatic rings. The minimum atomic E-state index is -0.769. The number of phenolic OH excluding ortho intramolecular Hbond substituents is 1. The molecule has 9 nitrogen and oxygen atoms in total. The van der Waals surface area contributed by atoms with Gasteiger partial charge in [0.25, 0.3) is 0 Å². The number of carbonyl (C=O) groups excluding carboxylic acids is 1. The molecule has 0 radical (unpaired) electrons. The van der Waals surface area contributed by atoms with Gasteiger partial charge in [0.2, 0.25) is 0 Å². The summed E-state index contributed by atoms with van der Waals surface area (Å²) in [6, 6.07) is 27.1. The molecule has 3 atom stereocenters. The van der Waals surface area contributed by atoms with Gasteiger partial charge in [-0.2, -0.15) is 0 Å². The first-order valence-corrected chi connectivity index (χ1v) is 17.9. The van der Waals surface area contributed by atoms with Crippen molar-refractivity contribution in [2.45, 2.75) is 70.9 Å². The maximum absolute atomic E-state index is 11.7. The standard InChI is InChI=1S/C43H47NO8/c1-2-49-41(48)18-8-3-5-12-35-30-51-43(52-42(35)38-15-9-10-16-39(38)45)33-21-19-31(20-22-33)29-50-36-25-23-32(24-26-36)37(34-13-11-27-44-28-34)14-6-4-7-17-40(46)47/h3,5,9-11,13-16,19-28,35,42-43,45H,2,4,6-8,12,17-18,29-30H2,1H3,(H,46,47)/b5-3-,37-14+/t35-,42+,43+/m1/s1. The lowest BCUT2D eigenvalue weighted by Gasteiger charge is -2.37. The van der Waals surface area contributed by atoms with Gasteiger partial charge in [-0.05, 0) is 80.0 Å². The number of hydrogen-bond acceptors (Lipinski definition) is 8. The van der Waals surface area contributed by atoms with E-state index in [4.69, 9.17) is 24.1 Å². The number of aliphatic carboxylic acids is 1. The Kier molecular flexibility index (Phi) is 14.6. The number of aromatic nitrogens is 1. The van der Waals surface area contributed by atoms with Gasteiger partial charge in [-0.15, -0.1) is 0 Å². The average Bonchev–Trinajstić information content (AvgIpc) is 3.16. The van der Waals surface area contributed by atoms with Crippen molar-refractivity contribution in [3.8, 4) is 11.5 Å². The third kappa shape index (κ3) is 11.4. The molecule has 0 aliphatic carbocycles. The molecular weight excluding hydrogens is 658 g/mol. The summed E-state index contributed by atoms with van der Waals surface area (Å²) in [6.45, 7) is 3.00. The number of aromatic hydroxyl groups is 1. The lowest BCUT2D eigenvalue weighted by Crippen LogP contribution is -2.30. The van der Waals surface area contributed by atoms with Crippen LogP contribution in [0.1, 0.15) is 92.1 Å². The quantitative estimate of drug-likeness (QED) is 0.0592. The molecule has 0 spiro atoms. The normalized spacial score (nSPS) is 17.6. The molecule has 5 rings (SSSR count). The number of unbranched alkanes of at least 4 members (excludes halogenated alkanes) is 2. The number of rotatable bonds is 18. The van der Waals surface area contributed by atoms with Crippen LogP contribution in [0.3, 0.4) is 0 Å². The number of benzene rings is 3. The number of allylic oxidation sites excluding steroid dienone is 3. The summed E-state index contributed by atoms with van der Waals surface area (Å²) in [5.41, 5.74) is 5.66. The van der Waals surface area contributed by atoms with Crippen molar-refractivity contribution in [2.75, 3.05) is 13.2 Å². The van der Waals surface area contributed by atoms with Gasteiger partial charge in [0.05, 0.1) is 19.3 Å². The molecule has 52 heavy (non-hydrogen) atoms. The number of carboxylic acid groups (broad SMARTS) is 1. The topological polar surface area (TPSA) is 124 Å². The Balaban J connectivity index is 1.18. The van der Waals surface area contributed by atoms with E-state index in [1.807, 2.05) is 91.1 Å². The highest BCUT2D eigenvalue weighted by molar-refractivity contribution is 5.79. The van der Waals surface area contributed by atoms with E-state index in [9.17, 15) is 14.7 Å². The van der Waals surface area contributed by atoms with E-state index in [0.717, 1.165) is 52.0 Å². The van der Waals surface area contributed by atoms with Crippen LogP contribution in [0.2, 0.25) is 0 Å². The molecule has 0 amide bonds. The predicted octanol–water partition coefficient (Wildman–Crippen LogP) is 9.14. The van der Waals surface area contributed by atoms with Gasteiger partial charge in [0.15, 0.2) is 6.29 Å². The molecule has 0 bridgehead atoms. The largest absolute Gasteiger partial charge is 0.508 e. The zero-order valence-corrected chi connectivity index (χ0v) is 29.6. The fourth-order valence-electron chi connectivity index (χ4n) is 6.09. The van der Waals surface area contributed by atoms with E-state index < -0.39 is 12.3 Å². The summed E-state index contributed by atoms with van der Waals surface area (Å²) < 4.78 is 23.8. The van der Waals surface area contributed by atoms with Gasteiger partial charge in [0.1, 0.15) is 18.1 Å². The van der Waals surface area contributed by atoms with Crippen molar-refractivity contribution < 1.29 is 38.7 Å². The Hall–Kier alpha value is -5.25. The highest BCUT2D eigenvalue weighted by Crippen LogP contribution is 2.42. The Labute approximate surface area is 305 Å². The van der Waals surface area contributed by atoms with Crippen LogP contribution in [0.5, 0.6) is 11.5 Å². The average molecular weight is 706 g/mol. The van der Waals surface area contributed by atoms with Crippen molar-refractivity contribution in [1.82, 2.24) is 4.98 Å². The van der Waals surface area contributed by atoms with Gasteiger partial charge < -0.3 is 29.2 Å². The fourth-order valence-corrected chi connectivity index (χ4v) is 6.09. The number of para-hydroxylation sites is 1. The second-order valence-corrected chi connectivity index (χ2v) is 12.6. The number of ether oxygens (including phenoxy) is 4. The van der Waals surface area contributed by atoms with Crippen molar-refractivity contribution in [2.24, 2.45) is 5.92 Å². The lowest BCUT2D eigenvalue weighted by molar-refractivity contribution is -0.244. The number of carbonyl (C=O) groups is 2. The molecule has 1 aromatic heterocycles. The Morgan fingerprint density at radius 3 is 2.44 bits per heavy atom. The summed E-state index contributed by atoms with van der Waals surface area (Å²) in [5, 5.41) is 19.6. The van der Waals surface area contributed by atoms with E-state index >= 15 is 0 Å². The lowest BCUT2D eigenvalue weighted by atomic mass is 9.91. The van der Waals surface area contributed by atoms with Crippen molar-refractivity contribution in [3.63, 3.8) is 0 Å². The smallest absolute Gasteiger partial charge is 0.306 e. The minimum Gasteiger partial charge on any atom is -0.508 e. The molecule has 1 fully saturated rings. The number of esters is 1. The van der Waals surface area contributed by atoms with Crippen LogP contribution in [0.25, 0.3) is 5.57 Å². The van der Waals surface area contributed by atoms with E-state index in [2.05, 4.69) is 11.1 Å². The second kappa shape index (κ2) is 20.0. The van der Waals surface area contributed by atoms with Gasteiger partial charge in [-0.3, -0.25) is 14.6 Å². The molecule has 1 saturated heterocycles. The Morgan fingerprint density at radius 1 is 0.904 bits per heavy atom. The van der Waals surface area contributed by atoms with Crippen molar-refractivity contribution >= 4 is 17.5 Å². The molecule has 3 aromatic carbocycles. The van der Waals surface area contributed by atoms with E-state index in [0.29, 0.717) is 45.5 Å². The number of hydrogen-bond donors (Lipinski definition) is 2. The van der Waals surface area contributed by atoms with Crippen molar-refractivity contribution in [1.29, 1.82) is 0 Å². The van der Waals surface area contributed by atoms with Crippen LogP contribution < -0.4 is 4.74 Å². The summed E-state index contributed by atoms with van der Waals surface area (Å²) in [5.74, 6) is -0.0779. The van der Waals surface area contributed by atoms with Gasteiger partial charge in [-0.1, -0.05) is 78.9 Å². The summed E-state index contributed by atoms with van der Waals surface area (Å²) in [4.78, 5) is 26.8. The number of phenols is 1. The van der Waals surface area contributed by atoms with E-state index in [1.54, 1.807) is 25.3 Å². The van der Waals surface area contributed by atoms with Gasteiger partial charge in [0, 0.05) is 47.8 Å². The van der Waals surface area contributed by atoms with Crippen LogP contribution in [-0.2, 0) is 30.4 Å². The monoisotopic (exact) mass is 705 g/mol. The van der Waals surface area contributed by atoms with Crippen LogP contribution >= 0.6 is 0 Å². The predicted molar refractivity (Wildman–Crippen MR) is 198 cm³/mol. The molecule has 2 heterocycles. The number of carboxylic acids is 1. The SMILES string of the molecule is CCOC(=O)CC/C=C\C[C@@H]1CO[C@H](c2ccc(COc3ccc(/C(=C\CCCCC(=O)O)c4cccnc4)cc3)cc2)O[C@@H]1c1ccccc1O. The van der Waals surface area contributed by atoms with E-state index in [-0.39, 0.29) is 30.2 Å². The molecule has 272 valence electrons.